The Labute approximate surface area is 131 Å². The number of hydrogen-bond acceptors (Lipinski definition) is 2. The van der Waals surface area contributed by atoms with Crippen molar-refractivity contribution < 1.29 is 4.79 Å². The Morgan fingerprint density at radius 1 is 1.15 bits per heavy atom. The van der Waals surface area contributed by atoms with Crippen molar-refractivity contribution in [3.05, 3.63) is 57.5 Å². The summed E-state index contributed by atoms with van der Waals surface area (Å²) in [4.78, 5) is 11.8. The van der Waals surface area contributed by atoms with Crippen LogP contribution in [0, 0.1) is 6.92 Å². The first-order valence-electron chi connectivity index (χ1n) is 6.10. The van der Waals surface area contributed by atoms with Gasteiger partial charge in [0.2, 0.25) is 5.91 Å². The number of carbonyl (C=O) groups excluding carboxylic acids is 1. The van der Waals surface area contributed by atoms with Crippen molar-refractivity contribution in [1.29, 1.82) is 0 Å². The van der Waals surface area contributed by atoms with E-state index < -0.39 is 0 Å². The molecule has 2 N–H and O–H groups in total. The highest BCUT2D eigenvalue weighted by atomic mass is 79.9. The minimum absolute atomic E-state index is 0.0973. The summed E-state index contributed by atoms with van der Waals surface area (Å²) in [6, 6.07) is 13.1. The number of benzene rings is 2. The van der Waals surface area contributed by atoms with E-state index in [9.17, 15) is 4.79 Å². The van der Waals surface area contributed by atoms with E-state index in [2.05, 4.69) is 26.6 Å². The molecule has 0 aromatic heterocycles. The van der Waals surface area contributed by atoms with E-state index in [0.29, 0.717) is 5.02 Å². The molecule has 104 valence electrons. The molecule has 0 saturated heterocycles. The van der Waals surface area contributed by atoms with Gasteiger partial charge in [-0.05, 0) is 53.2 Å². The molecule has 0 radical (unpaired) electrons. The molecular weight excluding hydrogens is 340 g/mol. The molecule has 0 spiro atoms. The first-order valence-corrected chi connectivity index (χ1v) is 7.27. The van der Waals surface area contributed by atoms with E-state index >= 15 is 0 Å². The average molecular weight is 354 g/mol. The minimum atomic E-state index is -0.0973. The molecule has 1 amide bonds. The zero-order valence-electron chi connectivity index (χ0n) is 10.9. The Hall–Kier alpha value is -1.52. The zero-order valence-corrected chi connectivity index (χ0v) is 13.3. The largest absolute Gasteiger partial charge is 0.376 e. The molecule has 0 unspecified atom stereocenters. The van der Waals surface area contributed by atoms with E-state index in [1.807, 2.05) is 43.3 Å². The summed E-state index contributed by atoms with van der Waals surface area (Å²) < 4.78 is 0.795. The van der Waals surface area contributed by atoms with Gasteiger partial charge < -0.3 is 10.6 Å². The third-order valence-electron chi connectivity index (χ3n) is 2.71. The van der Waals surface area contributed by atoms with Gasteiger partial charge in [-0.2, -0.15) is 0 Å². The molecule has 2 aromatic carbocycles. The van der Waals surface area contributed by atoms with Crippen LogP contribution >= 0.6 is 27.5 Å². The van der Waals surface area contributed by atoms with Gasteiger partial charge in [0, 0.05) is 15.8 Å². The van der Waals surface area contributed by atoms with Crippen LogP contribution in [0.1, 0.15) is 5.56 Å². The van der Waals surface area contributed by atoms with E-state index in [1.54, 1.807) is 6.07 Å². The lowest BCUT2D eigenvalue weighted by molar-refractivity contribution is -0.114. The van der Waals surface area contributed by atoms with Crippen LogP contribution in [0.15, 0.2) is 46.9 Å². The summed E-state index contributed by atoms with van der Waals surface area (Å²) in [6.45, 7) is 2.20. The maximum absolute atomic E-state index is 11.8. The van der Waals surface area contributed by atoms with Crippen LogP contribution in [0.4, 0.5) is 11.4 Å². The number of aryl methyl sites for hydroxylation is 1. The first-order chi connectivity index (χ1) is 9.54. The lowest BCUT2D eigenvalue weighted by Crippen LogP contribution is -2.21. The van der Waals surface area contributed by atoms with Crippen molar-refractivity contribution in [2.75, 3.05) is 17.2 Å². The highest BCUT2D eigenvalue weighted by Crippen LogP contribution is 2.25. The van der Waals surface area contributed by atoms with Crippen molar-refractivity contribution in [1.82, 2.24) is 0 Å². The second kappa shape index (κ2) is 6.77. The molecule has 3 nitrogen and oxygen atoms in total. The van der Waals surface area contributed by atoms with Crippen LogP contribution in [-0.2, 0) is 4.79 Å². The number of rotatable bonds is 4. The Bertz CT molecular complexity index is 614. The fraction of sp³-hybridized carbons (Fsp3) is 0.133. The number of hydrogen-bond donors (Lipinski definition) is 2. The highest BCUT2D eigenvalue weighted by Gasteiger charge is 2.03. The normalized spacial score (nSPS) is 10.2. The van der Waals surface area contributed by atoms with Gasteiger partial charge in [0.15, 0.2) is 0 Å². The van der Waals surface area contributed by atoms with Crippen molar-refractivity contribution in [3.63, 3.8) is 0 Å². The van der Waals surface area contributed by atoms with Gasteiger partial charge in [-0.1, -0.05) is 29.3 Å². The molecule has 0 bridgehead atoms. The fourth-order valence-electron chi connectivity index (χ4n) is 1.63. The molecule has 2 rings (SSSR count). The van der Waals surface area contributed by atoms with Crippen molar-refractivity contribution in [3.8, 4) is 0 Å². The molecule has 0 aliphatic rings. The van der Waals surface area contributed by atoms with Crippen molar-refractivity contribution in [2.45, 2.75) is 6.92 Å². The SMILES string of the molecule is Cc1ccc(NC(=O)CNc2ccc(Cl)c(Br)c2)cc1. The quantitative estimate of drug-likeness (QED) is 0.852. The van der Waals surface area contributed by atoms with Gasteiger partial charge in [0.05, 0.1) is 11.6 Å². The fourth-order valence-corrected chi connectivity index (χ4v) is 2.13. The first kappa shape index (κ1) is 14.9. The molecule has 0 saturated carbocycles. The van der Waals surface area contributed by atoms with Crippen molar-refractivity contribution in [2.24, 2.45) is 0 Å². The third-order valence-corrected chi connectivity index (χ3v) is 3.92. The Balaban J connectivity index is 1.88. The lowest BCUT2D eigenvalue weighted by atomic mass is 10.2. The second-order valence-corrected chi connectivity index (χ2v) is 5.66. The van der Waals surface area contributed by atoms with Gasteiger partial charge in [0.1, 0.15) is 0 Å². The van der Waals surface area contributed by atoms with Gasteiger partial charge in [0.25, 0.3) is 0 Å². The monoisotopic (exact) mass is 352 g/mol. The van der Waals surface area contributed by atoms with E-state index in [1.165, 1.54) is 0 Å². The van der Waals surface area contributed by atoms with Crippen LogP contribution in [0.2, 0.25) is 5.02 Å². The molecule has 0 fully saturated rings. The topological polar surface area (TPSA) is 41.1 Å². The van der Waals surface area contributed by atoms with Gasteiger partial charge in [-0.25, -0.2) is 0 Å². The second-order valence-electron chi connectivity index (χ2n) is 4.40. The summed E-state index contributed by atoms with van der Waals surface area (Å²) >= 11 is 9.25. The van der Waals surface area contributed by atoms with Crippen molar-refractivity contribution >= 4 is 44.8 Å². The molecule has 0 atom stereocenters. The summed E-state index contributed by atoms with van der Waals surface area (Å²) in [5, 5.41) is 6.51. The predicted molar refractivity (Wildman–Crippen MR) is 87.5 cm³/mol. The molecule has 20 heavy (non-hydrogen) atoms. The van der Waals surface area contributed by atoms with Crippen LogP contribution in [-0.4, -0.2) is 12.5 Å². The molecule has 0 heterocycles. The van der Waals surface area contributed by atoms with E-state index in [-0.39, 0.29) is 12.5 Å². The molecule has 5 heteroatoms. The molecule has 2 aromatic rings. The number of anilines is 2. The Morgan fingerprint density at radius 2 is 1.80 bits per heavy atom. The smallest absolute Gasteiger partial charge is 0.243 e. The minimum Gasteiger partial charge on any atom is -0.376 e. The number of carbonyl (C=O) groups is 1. The average Bonchev–Trinajstić information content (AvgIpc) is 2.43. The van der Waals surface area contributed by atoms with Gasteiger partial charge in [-0.15, -0.1) is 0 Å². The Morgan fingerprint density at radius 3 is 2.45 bits per heavy atom. The van der Waals surface area contributed by atoms with Gasteiger partial charge >= 0.3 is 0 Å². The van der Waals surface area contributed by atoms with E-state index in [4.69, 9.17) is 11.6 Å². The number of halogens is 2. The summed E-state index contributed by atoms with van der Waals surface area (Å²) in [7, 11) is 0. The summed E-state index contributed by atoms with van der Waals surface area (Å²) in [6.07, 6.45) is 0. The molecule has 0 aliphatic carbocycles. The zero-order chi connectivity index (χ0) is 14.5. The molecular formula is C15H14BrClN2O. The standard InChI is InChI=1S/C15H14BrClN2O/c1-10-2-4-11(5-3-10)19-15(20)9-18-12-6-7-14(17)13(16)8-12/h2-8,18H,9H2,1H3,(H,19,20). The maximum atomic E-state index is 11.8. The van der Waals surface area contributed by atoms with Crippen LogP contribution in [0.5, 0.6) is 0 Å². The van der Waals surface area contributed by atoms with Crippen LogP contribution in [0.25, 0.3) is 0 Å². The van der Waals surface area contributed by atoms with Gasteiger partial charge in [-0.3, -0.25) is 4.79 Å². The number of nitrogens with one attached hydrogen (secondary N) is 2. The van der Waals surface area contributed by atoms with E-state index in [0.717, 1.165) is 21.4 Å². The lowest BCUT2D eigenvalue weighted by Gasteiger charge is -2.09. The predicted octanol–water partition coefficient (Wildman–Crippen LogP) is 4.46. The number of amides is 1. The third kappa shape index (κ3) is 4.25. The highest BCUT2D eigenvalue weighted by molar-refractivity contribution is 9.10. The maximum Gasteiger partial charge on any atom is 0.243 e. The molecule has 0 aliphatic heterocycles. The van der Waals surface area contributed by atoms with Crippen LogP contribution in [0.3, 0.4) is 0 Å². The summed E-state index contributed by atoms with van der Waals surface area (Å²) in [5.74, 6) is -0.0973. The summed E-state index contributed by atoms with van der Waals surface area (Å²) in [5.41, 5.74) is 2.78. The van der Waals surface area contributed by atoms with Crippen LogP contribution < -0.4 is 10.6 Å². The Kier molecular flexibility index (Phi) is 5.04.